The lowest BCUT2D eigenvalue weighted by Gasteiger charge is -2.33. The molecule has 0 unspecified atom stereocenters. The number of nitrogens with one attached hydrogen (secondary N) is 1. The molecule has 0 saturated heterocycles. The van der Waals surface area contributed by atoms with Crippen LogP contribution in [0.5, 0.6) is 0 Å². The Morgan fingerprint density at radius 3 is 2.16 bits per heavy atom. The van der Waals surface area contributed by atoms with Gasteiger partial charge in [-0.05, 0) is 31.6 Å². The van der Waals surface area contributed by atoms with Crippen LogP contribution >= 0.6 is 0 Å². The Labute approximate surface area is 115 Å². The van der Waals surface area contributed by atoms with Gasteiger partial charge in [0, 0.05) is 6.04 Å². The Bertz CT molecular complexity index is 342. The molecule has 0 aromatic rings. The van der Waals surface area contributed by atoms with E-state index in [1.807, 2.05) is 0 Å². The van der Waals surface area contributed by atoms with Crippen molar-refractivity contribution in [3.63, 3.8) is 0 Å². The fourth-order valence-corrected chi connectivity index (χ4v) is 3.56. The maximum absolute atomic E-state index is 12.4. The summed E-state index contributed by atoms with van der Waals surface area (Å²) in [6.07, 6.45) is 7.90. The zero-order valence-electron chi connectivity index (χ0n) is 11.7. The number of rotatable bonds is 3. The second kappa shape index (κ2) is 6.40. The van der Waals surface area contributed by atoms with E-state index in [0.29, 0.717) is 12.3 Å². The molecule has 2 saturated carbocycles. The minimum atomic E-state index is -0.809. The number of hydrogen-bond donors (Lipinski definition) is 2. The van der Waals surface area contributed by atoms with Gasteiger partial charge in [0.25, 0.3) is 0 Å². The topological polar surface area (TPSA) is 66.4 Å². The van der Waals surface area contributed by atoms with E-state index >= 15 is 0 Å². The van der Waals surface area contributed by atoms with Gasteiger partial charge in [-0.25, -0.2) is 0 Å². The minimum Gasteiger partial charge on any atom is -0.481 e. The van der Waals surface area contributed by atoms with Crippen molar-refractivity contribution < 1.29 is 14.7 Å². The predicted molar refractivity (Wildman–Crippen MR) is 72.6 cm³/mol. The Hall–Kier alpha value is -1.06. The van der Waals surface area contributed by atoms with Gasteiger partial charge in [-0.2, -0.15) is 0 Å². The Kier molecular flexibility index (Phi) is 4.83. The average Bonchev–Trinajstić information content (AvgIpc) is 2.41. The summed E-state index contributed by atoms with van der Waals surface area (Å²) in [5.41, 5.74) is 0. The first kappa shape index (κ1) is 14.4. The highest BCUT2D eigenvalue weighted by Crippen LogP contribution is 2.31. The third kappa shape index (κ3) is 3.48. The molecule has 2 fully saturated rings. The molecule has 0 bridgehead atoms. The zero-order valence-corrected chi connectivity index (χ0v) is 11.7. The first-order chi connectivity index (χ1) is 9.09. The molecule has 0 aromatic carbocycles. The molecular formula is C15H25NO3. The molecular weight excluding hydrogens is 242 g/mol. The molecule has 4 nitrogen and oxygen atoms in total. The summed E-state index contributed by atoms with van der Waals surface area (Å²) >= 11 is 0. The molecule has 2 N–H and O–H groups in total. The largest absolute Gasteiger partial charge is 0.481 e. The molecule has 19 heavy (non-hydrogen) atoms. The number of carboxylic acids is 1. The number of carbonyl (C=O) groups is 2. The minimum absolute atomic E-state index is 0.0224. The highest BCUT2D eigenvalue weighted by Gasteiger charge is 2.37. The molecule has 0 spiro atoms. The number of amides is 1. The van der Waals surface area contributed by atoms with E-state index in [-0.39, 0.29) is 17.9 Å². The third-order valence-electron chi connectivity index (χ3n) is 4.86. The van der Waals surface area contributed by atoms with E-state index in [1.165, 1.54) is 12.8 Å². The van der Waals surface area contributed by atoms with Crippen molar-refractivity contribution >= 4 is 11.9 Å². The van der Waals surface area contributed by atoms with E-state index in [2.05, 4.69) is 12.2 Å². The summed E-state index contributed by atoms with van der Waals surface area (Å²) in [6, 6.07) is 0.248. The van der Waals surface area contributed by atoms with Crippen molar-refractivity contribution in [2.45, 2.75) is 64.3 Å². The van der Waals surface area contributed by atoms with Crippen LogP contribution in [-0.4, -0.2) is 23.0 Å². The van der Waals surface area contributed by atoms with Crippen LogP contribution in [0.4, 0.5) is 0 Å². The second-order valence-electron chi connectivity index (χ2n) is 6.21. The Morgan fingerprint density at radius 2 is 1.53 bits per heavy atom. The quantitative estimate of drug-likeness (QED) is 0.826. The van der Waals surface area contributed by atoms with Crippen molar-refractivity contribution in [2.75, 3.05) is 0 Å². The highest BCUT2D eigenvalue weighted by atomic mass is 16.4. The molecule has 0 aromatic heterocycles. The van der Waals surface area contributed by atoms with Crippen molar-refractivity contribution in [3.05, 3.63) is 0 Å². The van der Waals surface area contributed by atoms with Crippen molar-refractivity contribution in [3.8, 4) is 0 Å². The van der Waals surface area contributed by atoms with Gasteiger partial charge in [0.2, 0.25) is 5.91 Å². The lowest BCUT2D eigenvalue weighted by Crippen LogP contribution is -2.47. The van der Waals surface area contributed by atoms with Gasteiger partial charge >= 0.3 is 5.97 Å². The second-order valence-corrected chi connectivity index (χ2v) is 6.21. The average molecular weight is 267 g/mol. The van der Waals surface area contributed by atoms with E-state index in [4.69, 9.17) is 0 Å². The summed E-state index contributed by atoms with van der Waals surface area (Å²) in [6.45, 7) is 2.18. The van der Waals surface area contributed by atoms with Crippen LogP contribution < -0.4 is 5.32 Å². The summed E-state index contributed by atoms with van der Waals surface area (Å²) in [5.74, 6) is -1.11. The first-order valence-corrected chi connectivity index (χ1v) is 7.62. The van der Waals surface area contributed by atoms with Crippen LogP contribution in [0, 0.1) is 17.8 Å². The van der Waals surface area contributed by atoms with Crippen molar-refractivity contribution in [1.82, 2.24) is 5.32 Å². The monoisotopic (exact) mass is 267 g/mol. The molecule has 1 amide bonds. The van der Waals surface area contributed by atoms with Crippen LogP contribution in [0.1, 0.15) is 58.3 Å². The third-order valence-corrected chi connectivity index (χ3v) is 4.86. The number of carboxylic acid groups (broad SMARTS) is 1. The summed E-state index contributed by atoms with van der Waals surface area (Å²) < 4.78 is 0. The van der Waals surface area contributed by atoms with Crippen molar-refractivity contribution in [1.29, 1.82) is 0 Å². The van der Waals surface area contributed by atoms with Gasteiger partial charge in [0.1, 0.15) is 0 Å². The summed E-state index contributed by atoms with van der Waals surface area (Å²) in [7, 11) is 0. The summed E-state index contributed by atoms with van der Waals surface area (Å²) in [5, 5.41) is 12.4. The number of aliphatic carboxylic acids is 1. The lowest BCUT2D eigenvalue weighted by atomic mass is 9.78. The maximum Gasteiger partial charge on any atom is 0.307 e. The molecule has 0 aliphatic heterocycles. The van der Waals surface area contributed by atoms with E-state index in [0.717, 1.165) is 32.1 Å². The van der Waals surface area contributed by atoms with Crippen LogP contribution in [0.15, 0.2) is 0 Å². The fraction of sp³-hybridized carbons (Fsp3) is 0.867. The normalized spacial score (nSPS) is 35.6. The van der Waals surface area contributed by atoms with E-state index in [9.17, 15) is 14.7 Å². The van der Waals surface area contributed by atoms with Gasteiger partial charge in [0.15, 0.2) is 0 Å². The molecule has 4 atom stereocenters. The molecule has 0 radical (unpaired) electrons. The molecule has 4 heteroatoms. The number of carbonyl (C=O) groups excluding carboxylic acids is 1. The molecule has 2 rings (SSSR count). The molecule has 2 aliphatic rings. The summed E-state index contributed by atoms with van der Waals surface area (Å²) in [4.78, 5) is 23.6. The van der Waals surface area contributed by atoms with E-state index < -0.39 is 11.9 Å². The van der Waals surface area contributed by atoms with Crippen LogP contribution in [0.2, 0.25) is 0 Å². The number of hydrogen-bond acceptors (Lipinski definition) is 2. The molecule has 108 valence electrons. The SMILES string of the molecule is C[C@@H]1CCCC[C@@H]1NC(=O)[C@H]1CCCC[C@@H]1C(=O)O. The van der Waals surface area contributed by atoms with Gasteiger partial charge in [-0.3, -0.25) is 9.59 Å². The van der Waals surface area contributed by atoms with Gasteiger partial charge in [0.05, 0.1) is 11.8 Å². The smallest absolute Gasteiger partial charge is 0.307 e. The fourth-order valence-electron chi connectivity index (χ4n) is 3.56. The Morgan fingerprint density at radius 1 is 0.947 bits per heavy atom. The lowest BCUT2D eigenvalue weighted by molar-refractivity contribution is -0.149. The van der Waals surface area contributed by atoms with Crippen LogP contribution in [-0.2, 0) is 9.59 Å². The van der Waals surface area contributed by atoms with Gasteiger partial charge in [-0.1, -0.05) is 32.6 Å². The molecule has 2 aliphatic carbocycles. The van der Waals surface area contributed by atoms with Gasteiger partial charge in [-0.15, -0.1) is 0 Å². The zero-order chi connectivity index (χ0) is 13.8. The predicted octanol–water partition coefficient (Wildman–Crippen LogP) is 2.57. The van der Waals surface area contributed by atoms with E-state index in [1.54, 1.807) is 0 Å². The first-order valence-electron chi connectivity index (χ1n) is 7.62. The maximum atomic E-state index is 12.4. The van der Waals surface area contributed by atoms with Crippen LogP contribution in [0.3, 0.4) is 0 Å². The van der Waals surface area contributed by atoms with Gasteiger partial charge < -0.3 is 10.4 Å². The molecule has 0 heterocycles. The Balaban J connectivity index is 1.95. The standard InChI is InChI=1S/C15H25NO3/c1-10-6-2-5-9-13(10)16-14(17)11-7-3-4-8-12(11)15(18)19/h10-13H,2-9H2,1H3,(H,16,17)(H,18,19)/t10-,11+,12+,13+/m1/s1. The van der Waals surface area contributed by atoms with Crippen molar-refractivity contribution in [2.24, 2.45) is 17.8 Å². The highest BCUT2D eigenvalue weighted by molar-refractivity contribution is 5.85. The van der Waals surface area contributed by atoms with Crippen LogP contribution in [0.25, 0.3) is 0 Å².